The minimum absolute atomic E-state index is 0.340. The molecular formula is C8H4Cl2F. The van der Waals surface area contributed by atoms with Crippen molar-refractivity contribution >= 4 is 29.3 Å². The Morgan fingerprint density at radius 1 is 1.45 bits per heavy atom. The van der Waals surface area contributed by atoms with E-state index in [4.69, 9.17) is 23.2 Å². The highest BCUT2D eigenvalue weighted by Gasteiger charge is 1.97. The van der Waals surface area contributed by atoms with Gasteiger partial charge in [0, 0.05) is 5.02 Å². The molecule has 0 aliphatic heterocycles. The third-order valence-corrected chi connectivity index (χ3v) is 1.62. The van der Waals surface area contributed by atoms with Crippen LogP contribution in [-0.2, 0) is 0 Å². The van der Waals surface area contributed by atoms with Crippen molar-refractivity contribution < 1.29 is 4.39 Å². The summed E-state index contributed by atoms with van der Waals surface area (Å²) in [6.45, 7) is 0. The molecule has 3 heteroatoms. The molecule has 57 valence electrons. The summed E-state index contributed by atoms with van der Waals surface area (Å²) in [6, 6.07) is 4.04. The summed E-state index contributed by atoms with van der Waals surface area (Å²) in [5.41, 5.74) is 2.78. The number of hydrogen-bond donors (Lipinski definition) is 0. The van der Waals surface area contributed by atoms with Gasteiger partial charge in [0.05, 0.1) is 5.54 Å². The van der Waals surface area contributed by atoms with Gasteiger partial charge in [-0.15, -0.1) is 0 Å². The maximum absolute atomic E-state index is 12.5. The lowest BCUT2D eigenvalue weighted by atomic mass is 10.2. The minimum atomic E-state index is -0.340. The molecule has 0 spiro atoms. The summed E-state index contributed by atoms with van der Waals surface area (Å²) in [5, 5.41) is 0.458. The van der Waals surface area contributed by atoms with Crippen LogP contribution in [0.25, 0.3) is 6.08 Å². The summed E-state index contributed by atoms with van der Waals surface area (Å²) in [4.78, 5) is 0. The molecule has 0 aromatic heterocycles. The third-order valence-electron chi connectivity index (χ3n) is 1.17. The maximum Gasteiger partial charge on any atom is 0.123 e. The van der Waals surface area contributed by atoms with Crippen LogP contribution < -0.4 is 0 Å². The predicted molar refractivity (Wildman–Crippen MR) is 45.0 cm³/mol. The molecule has 1 aromatic carbocycles. The summed E-state index contributed by atoms with van der Waals surface area (Å²) in [7, 11) is 0. The van der Waals surface area contributed by atoms with Gasteiger partial charge in [-0.1, -0.05) is 23.2 Å². The molecule has 0 bridgehead atoms. The Bertz CT molecular complexity index is 281. The van der Waals surface area contributed by atoms with Crippen LogP contribution in [-0.4, -0.2) is 0 Å². The topological polar surface area (TPSA) is 0 Å². The van der Waals surface area contributed by atoms with Gasteiger partial charge < -0.3 is 0 Å². The Labute approximate surface area is 74.2 Å². The van der Waals surface area contributed by atoms with Gasteiger partial charge in [-0.2, -0.15) is 0 Å². The Balaban J connectivity index is 3.12. The van der Waals surface area contributed by atoms with Crippen LogP contribution in [0.3, 0.4) is 0 Å². The van der Waals surface area contributed by atoms with E-state index >= 15 is 0 Å². The molecule has 11 heavy (non-hydrogen) atoms. The van der Waals surface area contributed by atoms with Crippen molar-refractivity contribution in [2.45, 2.75) is 0 Å². The van der Waals surface area contributed by atoms with Crippen molar-refractivity contribution in [3.8, 4) is 0 Å². The van der Waals surface area contributed by atoms with Gasteiger partial charge in [0.2, 0.25) is 0 Å². The van der Waals surface area contributed by atoms with Gasteiger partial charge in [-0.25, -0.2) is 4.39 Å². The Hall–Kier alpha value is -0.530. The molecule has 0 saturated heterocycles. The molecule has 0 unspecified atom stereocenters. The number of hydrogen-bond acceptors (Lipinski definition) is 0. The molecular weight excluding hydrogens is 186 g/mol. The molecule has 0 heterocycles. The lowest BCUT2D eigenvalue weighted by molar-refractivity contribution is 0.627. The van der Waals surface area contributed by atoms with Gasteiger partial charge in [0.25, 0.3) is 0 Å². The van der Waals surface area contributed by atoms with E-state index in [1.54, 1.807) is 0 Å². The minimum Gasteiger partial charge on any atom is -0.207 e. The zero-order chi connectivity index (χ0) is 8.27. The maximum atomic E-state index is 12.5. The first-order valence-corrected chi connectivity index (χ1v) is 3.64. The predicted octanol–water partition coefficient (Wildman–Crippen LogP) is 3.49. The Morgan fingerprint density at radius 3 is 2.82 bits per heavy atom. The second-order valence-electron chi connectivity index (χ2n) is 1.92. The second kappa shape index (κ2) is 3.74. The van der Waals surface area contributed by atoms with Gasteiger partial charge in [0.15, 0.2) is 0 Å². The fourth-order valence-electron chi connectivity index (χ4n) is 0.684. The molecule has 1 aromatic rings. The van der Waals surface area contributed by atoms with Crippen molar-refractivity contribution in [3.05, 3.63) is 40.1 Å². The Morgan fingerprint density at radius 2 is 2.18 bits per heavy atom. The van der Waals surface area contributed by atoms with Crippen LogP contribution in [0.5, 0.6) is 0 Å². The van der Waals surface area contributed by atoms with Crippen LogP contribution >= 0.6 is 23.2 Å². The van der Waals surface area contributed by atoms with Crippen LogP contribution in [0.4, 0.5) is 4.39 Å². The fourth-order valence-corrected chi connectivity index (χ4v) is 0.974. The molecule has 0 aliphatic rings. The van der Waals surface area contributed by atoms with E-state index in [1.165, 1.54) is 24.3 Å². The zero-order valence-corrected chi connectivity index (χ0v) is 6.96. The molecule has 0 aliphatic carbocycles. The van der Waals surface area contributed by atoms with E-state index in [-0.39, 0.29) is 5.82 Å². The largest absolute Gasteiger partial charge is 0.207 e. The van der Waals surface area contributed by atoms with Gasteiger partial charge >= 0.3 is 0 Å². The van der Waals surface area contributed by atoms with E-state index in [1.807, 2.05) is 0 Å². The van der Waals surface area contributed by atoms with Crippen molar-refractivity contribution in [1.29, 1.82) is 0 Å². The molecule has 0 N–H and O–H groups in total. The molecule has 0 amide bonds. The van der Waals surface area contributed by atoms with Crippen molar-refractivity contribution in [3.63, 3.8) is 0 Å². The second-order valence-corrected chi connectivity index (χ2v) is 2.54. The van der Waals surface area contributed by atoms with Gasteiger partial charge in [-0.3, -0.25) is 0 Å². The standard InChI is InChI=1S/C8H4Cl2F/c9-4-3-6-5-7(11)1-2-8(6)10/h1-3,5H. The SMILES string of the molecule is Fc1ccc(Cl)c(C=[C]Cl)c1. The third kappa shape index (κ3) is 2.21. The van der Waals surface area contributed by atoms with Crippen LogP contribution in [0.15, 0.2) is 18.2 Å². The normalized spacial score (nSPS) is 10.8. The monoisotopic (exact) mass is 189 g/mol. The summed E-state index contributed by atoms with van der Waals surface area (Å²) in [5.74, 6) is -0.340. The zero-order valence-electron chi connectivity index (χ0n) is 5.44. The van der Waals surface area contributed by atoms with Gasteiger partial charge in [0.1, 0.15) is 5.82 Å². The van der Waals surface area contributed by atoms with Crippen molar-refractivity contribution in [2.24, 2.45) is 0 Å². The van der Waals surface area contributed by atoms with E-state index in [2.05, 4.69) is 5.54 Å². The van der Waals surface area contributed by atoms with Gasteiger partial charge in [-0.05, 0) is 29.8 Å². The van der Waals surface area contributed by atoms with E-state index in [9.17, 15) is 4.39 Å². The number of halogens is 3. The van der Waals surface area contributed by atoms with E-state index in [0.29, 0.717) is 10.6 Å². The van der Waals surface area contributed by atoms with E-state index in [0.717, 1.165) is 0 Å². The average Bonchev–Trinajstić information content (AvgIpc) is 1.98. The van der Waals surface area contributed by atoms with E-state index < -0.39 is 0 Å². The van der Waals surface area contributed by atoms with Crippen LogP contribution in [0.2, 0.25) is 5.02 Å². The molecule has 0 nitrogen and oxygen atoms in total. The molecule has 1 radical (unpaired) electrons. The van der Waals surface area contributed by atoms with Crippen LogP contribution in [0, 0.1) is 11.4 Å². The van der Waals surface area contributed by atoms with Crippen molar-refractivity contribution in [1.82, 2.24) is 0 Å². The summed E-state index contributed by atoms with van der Waals surface area (Å²) in [6.07, 6.45) is 1.41. The first kappa shape index (κ1) is 8.57. The van der Waals surface area contributed by atoms with Crippen LogP contribution in [0.1, 0.15) is 5.56 Å². The smallest absolute Gasteiger partial charge is 0.123 e. The molecule has 0 fully saturated rings. The summed E-state index contributed by atoms with van der Waals surface area (Å²) >= 11 is 10.9. The number of rotatable bonds is 1. The quantitative estimate of drug-likeness (QED) is 0.635. The van der Waals surface area contributed by atoms with Crippen molar-refractivity contribution in [2.75, 3.05) is 0 Å². The first-order valence-electron chi connectivity index (χ1n) is 2.88. The highest BCUT2D eigenvalue weighted by molar-refractivity contribution is 6.32. The molecule has 0 saturated carbocycles. The average molecular weight is 190 g/mol. The number of benzene rings is 1. The lowest BCUT2D eigenvalue weighted by Crippen LogP contribution is -1.77. The molecule has 0 atom stereocenters. The summed E-state index contributed by atoms with van der Waals surface area (Å²) < 4.78 is 12.5. The highest BCUT2D eigenvalue weighted by atomic mass is 35.5. The Kier molecular flexibility index (Phi) is 2.92. The molecule has 1 rings (SSSR count). The fraction of sp³-hybridized carbons (Fsp3) is 0. The first-order chi connectivity index (χ1) is 5.24. The highest BCUT2D eigenvalue weighted by Crippen LogP contribution is 2.18. The lowest BCUT2D eigenvalue weighted by Gasteiger charge is -1.95.